The molecule has 2 unspecified atom stereocenters. The Morgan fingerprint density at radius 1 is 1.20 bits per heavy atom. The Morgan fingerprint density at radius 3 is 2.51 bits per heavy atom. The normalized spacial score (nSPS) is 24.4. The second-order valence-electron chi connectivity index (χ2n) is 11.6. The maximum absolute atomic E-state index is 15.8. The standard InChI is InChI=1S/C30H26Cl2F2N4O3/c1-29(2,3)12-23-30(14-35,19-9-7-16(31)11-21(19)33)24(18-5-4-6-20(32)25(18)34)26-27(39)37(15-38(23)26)17-8-10-22(28(40)41)36-13-17/h4-11,13,23-24,26H,12,15H2,1-3H3,(H,40,41)/t23?,24?,26-,30+/m1/s1. The van der Waals surface area contributed by atoms with E-state index >= 15 is 8.78 Å². The summed E-state index contributed by atoms with van der Waals surface area (Å²) in [7, 11) is 0. The van der Waals surface area contributed by atoms with Crippen LogP contribution in [0.25, 0.3) is 0 Å². The van der Waals surface area contributed by atoms with Gasteiger partial charge in [-0.25, -0.2) is 18.6 Å². The summed E-state index contributed by atoms with van der Waals surface area (Å²) in [5, 5.41) is 20.2. The van der Waals surface area contributed by atoms with Gasteiger partial charge in [0.1, 0.15) is 28.8 Å². The van der Waals surface area contributed by atoms with Crippen LogP contribution < -0.4 is 4.90 Å². The molecule has 1 aromatic heterocycles. The minimum absolute atomic E-state index is 0.00430. The van der Waals surface area contributed by atoms with Gasteiger partial charge in [0.15, 0.2) is 0 Å². The van der Waals surface area contributed by atoms with Crippen LogP contribution in [-0.4, -0.2) is 45.6 Å². The number of benzene rings is 2. The molecule has 0 bridgehead atoms. The maximum Gasteiger partial charge on any atom is 0.354 e. The number of carbonyl (C=O) groups excluding carboxylic acids is 1. The average Bonchev–Trinajstić information content (AvgIpc) is 3.37. The number of fused-ring (bicyclic) bond motifs is 1. The molecule has 2 fully saturated rings. The number of carboxylic acid groups (broad SMARTS) is 1. The zero-order valence-corrected chi connectivity index (χ0v) is 23.9. The highest BCUT2D eigenvalue weighted by Crippen LogP contribution is 2.58. The van der Waals surface area contributed by atoms with Crippen molar-refractivity contribution in [3.05, 3.63) is 93.2 Å². The molecule has 0 saturated carbocycles. The van der Waals surface area contributed by atoms with Crippen LogP contribution in [0.5, 0.6) is 0 Å². The molecule has 0 aliphatic carbocycles. The van der Waals surface area contributed by atoms with Crippen molar-refractivity contribution < 1.29 is 23.5 Å². The van der Waals surface area contributed by atoms with Gasteiger partial charge >= 0.3 is 5.97 Å². The molecule has 0 spiro atoms. The molecule has 1 N–H and O–H groups in total. The lowest BCUT2D eigenvalue weighted by molar-refractivity contribution is -0.119. The number of amides is 1. The molecule has 7 nitrogen and oxygen atoms in total. The lowest BCUT2D eigenvalue weighted by Gasteiger charge is -2.40. The Morgan fingerprint density at radius 2 is 1.93 bits per heavy atom. The van der Waals surface area contributed by atoms with Crippen LogP contribution in [0.4, 0.5) is 14.5 Å². The number of halogens is 4. The predicted molar refractivity (Wildman–Crippen MR) is 150 cm³/mol. The molecule has 0 radical (unpaired) electrons. The highest BCUT2D eigenvalue weighted by Gasteiger charge is 2.67. The Kier molecular flexibility index (Phi) is 7.31. The zero-order valence-electron chi connectivity index (χ0n) is 22.4. The van der Waals surface area contributed by atoms with Crippen LogP contribution in [0.15, 0.2) is 54.7 Å². The van der Waals surface area contributed by atoms with Crippen molar-refractivity contribution in [3.8, 4) is 6.07 Å². The molecule has 1 amide bonds. The average molecular weight is 599 g/mol. The molecule has 2 aliphatic rings. The van der Waals surface area contributed by atoms with Crippen LogP contribution in [0.1, 0.15) is 54.7 Å². The van der Waals surface area contributed by atoms with Crippen LogP contribution in [0.2, 0.25) is 10.0 Å². The SMILES string of the molecule is CC(C)(C)CC1N2CN(c3ccc(C(=O)O)nc3)C(=O)[C@H]2C(c2cccc(Cl)c2F)[C@@]1(C#N)c1ccc(Cl)cc1F. The maximum atomic E-state index is 15.8. The van der Waals surface area contributed by atoms with Crippen molar-refractivity contribution >= 4 is 40.8 Å². The van der Waals surface area contributed by atoms with Gasteiger partial charge in [0, 0.05) is 22.5 Å². The van der Waals surface area contributed by atoms with Gasteiger partial charge < -0.3 is 5.11 Å². The highest BCUT2D eigenvalue weighted by molar-refractivity contribution is 6.31. The van der Waals surface area contributed by atoms with E-state index in [-0.39, 0.29) is 38.9 Å². The van der Waals surface area contributed by atoms with Gasteiger partial charge in [-0.05, 0) is 47.7 Å². The minimum atomic E-state index is -1.70. The van der Waals surface area contributed by atoms with Crippen LogP contribution in [-0.2, 0) is 10.2 Å². The highest BCUT2D eigenvalue weighted by atomic mass is 35.5. The molecule has 41 heavy (non-hydrogen) atoms. The topological polar surface area (TPSA) is 97.5 Å². The van der Waals surface area contributed by atoms with Gasteiger partial charge in [0.05, 0.1) is 29.6 Å². The first kappa shape index (κ1) is 28.9. The molecule has 5 rings (SSSR count). The first-order valence-corrected chi connectivity index (χ1v) is 13.6. The van der Waals surface area contributed by atoms with E-state index in [9.17, 15) is 20.0 Å². The minimum Gasteiger partial charge on any atom is -0.477 e. The number of hydrogen-bond donors (Lipinski definition) is 1. The number of nitrogens with zero attached hydrogens (tertiary/aromatic N) is 4. The van der Waals surface area contributed by atoms with E-state index in [0.29, 0.717) is 12.1 Å². The van der Waals surface area contributed by atoms with Gasteiger partial charge in [-0.3, -0.25) is 14.6 Å². The molecule has 11 heteroatoms. The third-order valence-corrected chi connectivity index (χ3v) is 8.40. The van der Waals surface area contributed by atoms with Crippen LogP contribution in [0, 0.1) is 28.4 Å². The molecule has 212 valence electrons. The number of pyridine rings is 1. The van der Waals surface area contributed by atoms with Gasteiger partial charge in [-0.2, -0.15) is 5.26 Å². The fraction of sp³-hybridized carbons (Fsp3) is 0.333. The number of carbonyl (C=O) groups is 2. The summed E-state index contributed by atoms with van der Waals surface area (Å²) < 4.78 is 31.6. The largest absolute Gasteiger partial charge is 0.477 e. The number of hydrogen-bond acceptors (Lipinski definition) is 5. The quantitative estimate of drug-likeness (QED) is 0.365. The van der Waals surface area contributed by atoms with E-state index < -0.39 is 46.9 Å². The second-order valence-corrected chi connectivity index (χ2v) is 12.4. The van der Waals surface area contributed by atoms with Gasteiger partial charge in [-0.1, -0.05) is 62.2 Å². The van der Waals surface area contributed by atoms with Gasteiger partial charge in [-0.15, -0.1) is 0 Å². The number of rotatable bonds is 5. The zero-order chi connectivity index (χ0) is 29.9. The molecule has 2 aliphatic heterocycles. The monoisotopic (exact) mass is 598 g/mol. The second kappa shape index (κ2) is 10.4. The first-order chi connectivity index (χ1) is 19.3. The molecule has 4 atom stereocenters. The lowest BCUT2D eigenvalue weighted by atomic mass is 9.62. The van der Waals surface area contributed by atoms with Crippen molar-refractivity contribution in [1.29, 1.82) is 5.26 Å². The van der Waals surface area contributed by atoms with E-state index in [1.807, 2.05) is 25.7 Å². The smallest absolute Gasteiger partial charge is 0.354 e. The van der Waals surface area contributed by atoms with Gasteiger partial charge in [0.25, 0.3) is 0 Å². The lowest BCUT2D eigenvalue weighted by Crippen LogP contribution is -2.48. The first-order valence-electron chi connectivity index (χ1n) is 12.9. The number of nitriles is 1. The van der Waals surface area contributed by atoms with Crippen LogP contribution in [0.3, 0.4) is 0 Å². The van der Waals surface area contributed by atoms with E-state index in [2.05, 4.69) is 11.1 Å². The Bertz CT molecular complexity index is 1590. The van der Waals surface area contributed by atoms with Gasteiger partial charge in [0.2, 0.25) is 5.91 Å². The summed E-state index contributed by atoms with van der Waals surface area (Å²) in [6, 6.07) is 11.7. The number of anilines is 1. The van der Waals surface area contributed by atoms with E-state index in [4.69, 9.17) is 23.2 Å². The molecular formula is C30H26Cl2F2N4O3. The van der Waals surface area contributed by atoms with E-state index in [1.54, 1.807) is 0 Å². The summed E-state index contributed by atoms with van der Waals surface area (Å²) in [5.41, 5.74) is -1.89. The molecule has 3 aromatic rings. The van der Waals surface area contributed by atoms with Crippen molar-refractivity contribution in [2.45, 2.75) is 50.6 Å². The van der Waals surface area contributed by atoms with Crippen molar-refractivity contribution in [1.82, 2.24) is 9.88 Å². The Labute approximate surface area is 245 Å². The number of carboxylic acids is 1. The van der Waals surface area contributed by atoms with Crippen molar-refractivity contribution in [2.75, 3.05) is 11.6 Å². The van der Waals surface area contributed by atoms with E-state index in [0.717, 1.165) is 6.07 Å². The summed E-state index contributed by atoms with van der Waals surface area (Å²) >= 11 is 12.3. The third-order valence-electron chi connectivity index (χ3n) is 7.88. The summed E-state index contributed by atoms with van der Waals surface area (Å²) in [4.78, 5) is 32.7. The molecule has 2 saturated heterocycles. The summed E-state index contributed by atoms with van der Waals surface area (Å²) in [6.45, 7) is 5.91. The fourth-order valence-corrected chi connectivity index (χ4v) is 6.60. The molecule has 3 heterocycles. The molecular weight excluding hydrogens is 573 g/mol. The summed E-state index contributed by atoms with van der Waals surface area (Å²) in [5.74, 6) is -4.34. The summed E-state index contributed by atoms with van der Waals surface area (Å²) in [6.07, 6.45) is 1.64. The fourth-order valence-electron chi connectivity index (χ4n) is 6.26. The Hall–Kier alpha value is -3.58. The predicted octanol–water partition coefficient (Wildman–Crippen LogP) is 6.40. The number of aromatic carboxylic acids is 1. The van der Waals surface area contributed by atoms with E-state index in [1.165, 1.54) is 53.6 Å². The third kappa shape index (κ3) is 4.74. The number of aromatic nitrogens is 1. The van der Waals surface area contributed by atoms with Crippen molar-refractivity contribution in [3.63, 3.8) is 0 Å². The Balaban J connectivity index is 1.76. The van der Waals surface area contributed by atoms with Crippen LogP contribution >= 0.6 is 23.2 Å². The molecule has 2 aromatic carbocycles. The van der Waals surface area contributed by atoms with Crippen molar-refractivity contribution in [2.24, 2.45) is 5.41 Å².